The van der Waals surface area contributed by atoms with Crippen molar-refractivity contribution in [2.24, 2.45) is 5.92 Å². The largest absolute Gasteiger partial charge is 0.349 e. The van der Waals surface area contributed by atoms with Crippen LogP contribution in [0.3, 0.4) is 0 Å². The van der Waals surface area contributed by atoms with Gasteiger partial charge in [-0.25, -0.2) is 0 Å². The second kappa shape index (κ2) is 14.5. The number of carbonyl (C=O) groups excluding carboxylic acids is 1. The number of nitrogens with one attached hydrogen (secondary N) is 1. The van der Waals surface area contributed by atoms with E-state index in [9.17, 15) is 4.79 Å². The molecule has 25 heavy (non-hydrogen) atoms. The van der Waals surface area contributed by atoms with Gasteiger partial charge in [0.05, 0.1) is 0 Å². The van der Waals surface area contributed by atoms with Crippen molar-refractivity contribution < 1.29 is 4.79 Å². The lowest BCUT2D eigenvalue weighted by Crippen LogP contribution is -2.46. The molecule has 0 atom stereocenters. The second-order valence-electron chi connectivity index (χ2n) is 7.81. The van der Waals surface area contributed by atoms with Crippen LogP contribution in [0, 0.1) is 5.92 Å². The number of hydrogen-bond donors (Lipinski definition) is 1. The Morgan fingerprint density at radius 1 is 0.920 bits per heavy atom. The van der Waals surface area contributed by atoms with Crippen LogP contribution in [0.1, 0.15) is 104 Å². The Bertz CT molecular complexity index is 365. The van der Waals surface area contributed by atoms with E-state index in [0.717, 1.165) is 31.8 Å². The summed E-state index contributed by atoms with van der Waals surface area (Å²) in [5, 5.41) is 3.56. The van der Waals surface area contributed by atoms with Crippen molar-refractivity contribution in [2.75, 3.05) is 13.1 Å². The van der Waals surface area contributed by atoms with Crippen molar-refractivity contribution >= 4 is 23.2 Å². The summed E-state index contributed by atoms with van der Waals surface area (Å²) in [5.74, 6) is 0.880. The van der Waals surface area contributed by atoms with Crippen molar-refractivity contribution in [3.05, 3.63) is 0 Å². The Kier molecular flexibility index (Phi) is 13.0. The first-order valence-corrected chi connectivity index (χ1v) is 11.1. The number of carbonyl (C=O) groups is 1. The van der Waals surface area contributed by atoms with Gasteiger partial charge in [0.1, 0.15) is 0 Å². The summed E-state index contributed by atoms with van der Waals surface area (Å²) in [7, 11) is 0. The van der Waals surface area contributed by atoms with Crippen LogP contribution in [0.4, 0.5) is 0 Å². The van der Waals surface area contributed by atoms with E-state index in [1.807, 2.05) is 0 Å². The summed E-state index contributed by atoms with van der Waals surface area (Å²) >= 11 is 5.37. The van der Waals surface area contributed by atoms with Gasteiger partial charge in [0.25, 0.3) is 0 Å². The number of nitrogens with zero attached hydrogens (tertiary/aromatic N) is 1. The third kappa shape index (κ3) is 11.6. The normalized spacial score (nSPS) is 15.4. The predicted molar refractivity (Wildman–Crippen MR) is 112 cm³/mol. The fourth-order valence-corrected chi connectivity index (χ4v) is 3.72. The molecule has 1 aliphatic rings. The van der Waals surface area contributed by atoms with Crippen LogP contribution in [0.5, 0.6) is 0 Å². The molecule has 1 rings (SSSR count). The molecule has 0 bridgehead atoms. The predicted octanol–water partition coefficient (Wildman–Crippen LogP) is 5.82. The highest BCUT2D eigenvalue weighted by Crippen LogP contribution is 2.16. The van der Waals surface area contributed by atoms with E-state index in [1.165, 1.54) is 70.6 Å². The number of piperidine rings is 1. The standard InChI is InChI=1S/C21H40N2OS/c1-3-4-5-6-7-8-9-10-11-12-13-14-20(24)22-21(25)23-17-15-19(2)16-18-23/h19H,3-18H2,1-2H3,(H,22,24,25). The van der Waals surface area contributed by atoms with Crippen molar-refractivity contribution in [3.8, 4) is 0 Å². The molecule has 0 aliphatic carbocycles. The molecule has 1 heterocycles. The van der Waals surface area contributed by atoms with Crippen LogP contribution in [0.25, 0.3) is 0 Å². The van der Waals surface area contributed by atoms with E-state index in [1.54, 1.807) is 0 Å². The lowest BCUT2D eigenvalue weighted by atomic mass is 10.00. The highest BCUT2D eigenvalue weighted by molar-refractivity contribution is 7.80. The lowest BCUT2D eigenvalue weighted by molar-refractivity contribution is -0.119. The van der Waals surface area contributed by atoms with E-state index >= 15 is 0 Å². The molecule has 1 N–H and O–H groups in total. The maximum atomic E-state index is 12.0. The van der Waals surface area contributed by atoms with Gasteiger partial charge in [0, 0.05) is 19.5 Å². The van der Waals surface area contributed by atoms with E-state index < -0.39 is 0 Å². The van der Waals surface area contributed by atoms with Gasteiger partial charge in [-0.1, -0.05) is 78.1 Å². The molecule has 0 aromatic heterocycles. The molecule has 0 unspecified atom stereocenters. The molecule has 0 spiro atoms. The summed E-state index contributed by atoms with van der Waals surface area (Å²) in [6, 6.07) is 0. The average molecular weight is 369 g/mol. The Hall–Kier alpha value is -0.640. The maximum Gasteiger partial charge on any atom is 0.226 e. The summed E-state index contributed by atoms with van der Waals surface area (Å²) in [6.45, 7) is 6.52. The van der Waals surface area contributed by atoms with E-state index in [0.29, 0.717) is 11.5 Å². The third-order valence-electron chi connectivity index (χ3n) is 5.32. The van der Waals surface area contributed by atoms with Gasteiger partial charge < -0.3 is 10.2 Å². The first kappa shape index (κ1) is 22.4. The van der Waals surface area contributed by atoms with Crippen molar-refractivity contribution in [2.45, 2.75) is 104 Å². The molecule has 3 nitrogen and oxygen atoms in total. The highest BCUT2D eigenvalue weighted by atomic mass is 32.1. The number of rotatable bonds is 12. The fraction of sp³-hybridized carbons (Fsp3) is 0.905. The Balaban J connectivity index is 1.91. The quantitative estimate of drug-likeness (QED) is 0.348. The van der Waals surface area contributed by atoms with Crippen LogP contribution < -0.4 is 5.32 Å². The topological polar surface area (TPSA) is 32.3 Å². The van der Waals surface area contributed by atoms with Gasteiger partial charge in [0.2, 0.25) is 5.91 Å². The van der Waals surface area contributed by atoms with Crippen LogP contribution in [0.15, 0.2) is 0 Å². The first-order valence-electron chi connectivity index (χ1n) is 10.7. The molecule has 0 aromatic rings. The molecular weight excluding hydrogens is 328 g/mol. The van der Waals surface area contributed by atoms with Gasteiger partial charge in [-0.15, -0.1) is 0 Å². The Morgan fingerprint density at radius 2 is 1.40 bits per heavy atom. The van der Waals surface area contributed by atoms with E-state index in [-0.39, 0.29) is 5.91 Å². The van der Waals surface area contributed by atoms with Crippen molar-refractivity contribution in [1.29, 1.82) is 0 Å². The zero-order valence-electron chi connectivity index (χ0n) is 16.7. The van der Waals surface area contributed by atoms with Crippen LogP contribution in [0.2, 0.25) is 0 Å². The molecule has 146 valence electrons. The molecule has 4 heteroatoms. The second-order valence-corrected chi connectivity index (χ2v) is 8.20. The number of likely N-dealkylation sites (tertiary alicyclic amines) is 1. The Morgan fingerprint density at radius 3 is 1.92 bits per heavy atom. The minimum Gasteiger partial charge on any atom is -0.349 e. The summed E-state index contributed by atoms with van der Waals surface area (Å²) in [4.78, 5) is 14.1. The third-order valence-corrected chi connectivity index (χ3v) is 5.68. The van der Waals surface area contributed by atoms with E-state index in [4.69, 9.17) is 12.2 Å². The van der Waals surface area contributed by atoms with E-state index in [2.05, 4.69) is 24.1 Å². The van der Waals surface area contributed by atoms with Gasteiger partial charge in [-0.2, -0.15) is 0 Å². The average Bonchev–Trinajstić information content (AvgIpc) is 2.60. The van der Waals surface area contributed by atoms with Gasteiger partial charge in [-0.05, 0) is 37.4 Å². The molecule has 1 aliphatic heterocycles. The van der Waals surface area contributed by atoms with Gasteiger partial charge in [-0.3, -0.25) is 4.79 Å². The van der Waals surface area contributed by atoms with Crippen LogP contribution >= 0.6 is 12.2 Å². The molecular formula is C21H40N2OS. The number of amides is 1. The zero-order chi connectivity index (χ0) is 18.3. The molecule has 1 saturated heterocycles. The maximum absolute atomic E-state index is 12.0. The molecule has 1 amide bonds. The zero-order valence-corrected chi connectivity index (χ0v) is 17.5. The SMILES string of the molecule is CCCCCCCCCCCCCC(=O)NC(=S)N1CCC(C)CC1. The van der Waals surface area contributed by atoms with Crippen molar-refractivity contribution in [1.82, 2.24) is 10.2 Å². The highest BCUT2D eigenvalue weighted by Gasteiger charge is 2.18. The molecule has 1 fully saturated rings. The lowest BCUT2D eigenvalue weighted by Gasteiger charge is -2.32. The molecule has 0 radical (unpaired) electrons. The number of thiocarbonyl (C=S) groups is 1. The fourth-order valence-electron chi connectivity index (χ4n) is 3.42. The summed E-state index contributed by atoms with van der Waals surface area (Å²) in [5.41, 5.74) is 0. The first-order chi connectivity index (χ1) is 12.1. The number of hydrogen-bond acceptors (Lipinski definition) is 2. The molecule has 0 saturated carbocycles. The minimum absolute atomic E-state index is 0.0968. The number of unbranched alkanes of at least 4 members (excludes halogenated alkanes) is 10. The Labute approximate surface area is 161 Å². The van der Waals surface area contributed by atoms with Crippen molar-refractivity contribution in [3.63, 3.8) is 0 Å². The smallest absolute Gasteiger partial charge is 0.226 e. The molecule has 0 aromatic carbocycles. The monoisotopic (exact) mass is 368 g/mol. The van der Waals surface area contributed by atoms with Crippen LogP contribution in [-0.4, -0.2) is 29.0 Å². The summed E-state index contributed by atoms with van der Waals surface area (Å²) < 4.78 is 0. The van der Waals surface area contributed by atoms with Gasteiger partial charge in [0.15, 0.2) is 5.11 Å². The van der Waals surface area contributed by atoms with Crippen LogP contribution in [-0.2, 0) is 4.79 Å². The minimum atomic E-state index is 0.0968. The van der Waals surface area contributed by atoms with Gasteiger partial charge >= 0.3 is 0 Å². The summed E-state index contributed by atoms with van der Waals surface area (Å²) in [6.07, 6.45) is 17.4.